The first kappa shape index (κ1) is 15.8. The standard InChI is InChI=1S/C14H24N4O3/c1-14(2)12(20)17-13(21)18(14)9-11(19)16-7-5-10-4-3-6-15-8-10/h10,15H,3-9H2,1-2H3,(H,16,19)(H,17,20,21). The van der Waals surface area contributed by atoms with Gasteiger partial charge >= 0.3 is 6.03 Å². The van der Waals surface area contributed by atoms with Crippen molar-refractivity contribution in [2.75, 3.05) is 26.2 Å². The van der Waals surface area contributed by atoms with Gasteiger partial charge in [0.2, 0.25) is 5.91 Å². The predicted octanol–water partition coefficient (Wildman–Crippen LogP) is -0.177. The van der Waals surface area contributed by atoms with Crippen molar-refractivity contribution in [2.45, 2.75) is 38.6 Å². The van der Waals surface area contributed by atoms with Gasteiger partial charge < -0.3 is 15.5 Å². The third-order valence-corrected chi connectivity index (χ3v) is 4.27. The first-order valence-corrected chi connectivity index (χ1v) is 7.51. The lowest BCUT2D eigenvalue weighted by Gasteiger charge is -2.27. The van der Waals surface area contributed by atoms with E-state index in [-0.39, 0.29) is 18.4 Å². The lowest BCUT2D eigenvalue weighted by Crippen LogP contribution is -2.49. The van der Waals surface area contributed by atoms with E-state index >= 15 is 0 Å². The molecule has 2 fully saturated rings. The summed E-state index contributed by atoms with van der Waals surface area (Å²) in [7, 11) is 0. The molecule has 1 atom stereocenters. The van der Waals surface area contributed by atoms with Crippen LogP contribution in [0.25, 0.3) is 0 Å². The van der Waals surface area contributed by atoms with Gasteiger partial charge in [0.25, 0.3) is 5.91 Å². The second-order valence-corrected chi connectivity index (χ2v) is 6.26. The lowest BCUT2D eigenvalue weighted by atomic mass is 9.96. The van der Waals surface area contributed by atoms with Crippen LogP contribution in [0, 0.1) is 5.92 Å². The van der Waals surface area contributed by atoms with Crippen LogP contribution in [-0.4, -0.2) is 54.5 Å². The number of nitrogens with one attached hydrogen (secondary N) is 3. The maximum Gasteiger partial charge on any atom is 0.325 e. The lowest BCUT2D eigenvalue weighted by molar-refractivity contribution is -0.127. The molecule has 1 unspecified atom stereocenters. The summed E-state index contributed by atoms with van der Waals surface area (Å²) in [5.74, 6) is 0.0115. The third-order valence-electron chi connectivity index (χ3n) is 4.27. The van der Waals surface area contributed by atoms with Crippen LogP contribution in [0.5, 0.6) is 0 Å². The number of rotatable bonds is 5. The van der Waals surface area contributed by atoms with E-state index in [0.29, 0.717) is 12.5 Å². The molecule has 2 aliphatic rings. The van der Waals surface area contributed by atoms with Crippen LogP contribution in [0.4, 0.5) is 4.79 Å². The fourth-order valence-electron chi connectivity index (χ4n) is 2.75. The SMILES string of the molecule is CC1(C)C(=O)NC(=O)N1CC(=O)NCCC1CCCNC1. The molecule has 2 rings (SSSR count). The van der Waals surface area contributed by atoms with E-state index in [4.69, 9.17) is 0 Å². The minimum Gasteiger partial charge on any atom is -0.355 e. The molecule has 0 saturated carbocycles. The van der Waals surface area contributed by atoms with Gasteiger partial charge in [-0.25, -0.2) is 4.79 Å². The maximum absolute atomic E-state index is 11.9. The highest BCUT2D eigenvalue weighted by molar-refractivity contribution is 6.07. The van der Waals surface area contributed by atoms with Crippen molar-refractivity contribution >= 4 is 17.8 Å². The van der Waals surface area contributed by atoms with E-state index in [0.717, 1.165) is 19.5 Å². The van der Waals surface area contributed by atoms with Crippen LogP contribution < -0.4 is 16.0 Å². The molecule has 2 heterocycles. The van der Waals surface area contributed by atoms with E-state index in [1.807, 2.05) is 0 Å². The fraction of sp³-hybridized carbons (Fsp3) is 0.786. The van der Waals surface area contributed by atoms with E-state index < -0.39 is 11.6 Å². The molecule has 4 amide bonds. The number of imide groups is 1. The number of carbonyl (C=O) groups is 3. The molecule has 0 aromatic rings. The summed E-state index contributed by atoms with van der Waals surface area (Å²) in [5.41, 5.74) is -0.971. The van der Waals surface area contributed by atoms with Gasteiger partial charge in [-0.2, -0.15) is 0 Å². The average molecular weight is 296 g/mol. The third kappa shape index (κ3) is 3.72. The first-order valence-electron chi connectivity index (χ1n) is 7.51. The Labute approximate surface area is 124 Å². The smallest absolute Gasteiger partial charge is 0.325 e. The summed E-state index contributed by atoms with van der Waals surface area (Å²) in [6, 6.07) is -0.503. The van der Waals surface area contributed by atoms with Crippen LogP contribution in [0.15, 0.2) is 0 Å². The van der Waals surface area contributed by atoms with Gasteiger partial charge in [0.05, 0.1) is 0 Å². The number of hydrogen-bond acceptors (Lipinski definition) is 4. The minimum atomic E-state index is -0.971. The molecule has 118 valence electrons. The minimum absolute atomic E-state index is 0.0898. The monoisotopic (exact) mass is 296 g/mol. The van der Waals surface area contributed by atoms with Gasteiger partial charge in [-0.15, -0.1) is 0 Å². The number of urea groups is 1. The van der Waals surface area contributed by atoms with E-state index in [9.17, 15) is 14.4 Å². The summed E-state index contributed by atoms with van der Waals surface area (Å²) >= 11 is 0. The summed E-state index contributed by atoms with van der Waals surface area (Å²) in [6.45, 7) is 5.87. The molecule has 0 radical (unpaired) electrons. The van der Waals surface area contributed by atoms with E-state index in [1.54, 1.807) is 13.8 Å². The van der Waals surface area contributed by atoms with Gasteiger partial charge in [0.15, 0.2) is 0 Å². The Kier molecular flexibility index (Phi) is 4.82. The largest absolute Gasteiger partial charge is 0.355 e. The number of piperidine rings is 1. The van der Waals surface area contributed by atoms with Gasteiger partial charge in [-0.05, 0) is 52.1 Å². The molecule has 0 aromatic heterocycles. The predicted molar refractivity (Wildman–Crippen MR) is 77.5 cm³/mol. The van der Waals surface area contributed by atoms with Crippen LogP contribution in [0.3, 0.4) is 0 Å². The van der Waals surface area contributed by atoms with Crippen LogP contribution in [-0.2, 0) is 9.59 Å². The number of nitrogens with zero attached hydrogens (tertiary/aromatic N) is 1. The van der Waals surface area contributed by atoms with E-state index in [1.165, 1.54) is 17.7 Å². The molecule has 2 aliphatic heterocycles. The Hall–Kier alpha value is -1.63. The average Bonchev–Trinajstić information content (AvgIpc) is 2.63. The second kappa shape index (κ2) is 6.43. The molecule has 0 bridgehead atoms. The van der Waals surface area contributed by atoms with Crippen molar-refractivity contribution in [1.82, 2.24) is 20.9 Å². The zero-order valence-corrected chi connectivity index (χ0v) is 12.7. The maximum atomic E-state index is 11.9. The normalized spacial score (nSPS) is 24.9. The van der Waals surface area contributed by atoms with Crippen molar-refractivity contribution in [3.8, 4) is 0 Å². The van der Waals surface area contributed by atoms with Gasteiger partial charge in [-0.1, -0.05) is 0 Å². The molecular weight excluding hydrogens is 272 g/mol. The Morgan fingerprint density at radius 2 is 2.19 bits per heavy atom. The van der Waals surface area contributed by atoms with Gasteiger partial charge in [-0.3, -0.25) is 14.9 Å². The molecule has 3 N–H and O–H groups in total. The summed E-state index contributed by atoms with van der Waals surface area (Å²) < 4.78 is 0. The quantitative estimate of drug-likeness (QED) is 0.614. The highest BCUT2D eigenvalue weighted by Crippen LogP contribution is 2.20. The van der Waals surface area contributed by atoms with Crippen LogP contribution in [0.2, 0.25) is 0 Å². The van der Waals surface area contributed by atoms with Crippen molar-refractivity contribution < 1.29 is 14.4 Å². The van der Waals surface area contributed by atoms with Gasteiger partial charge in [0.1, 0.15) is 12.1 Å². The summed E-state index contributed by atoms with van der Waals surface area (Å²) in [4.78, 5) is 36.5. The Morgan fingerprint density at radius 3 is 2.76 bits per heavy atom. The van der Waals surface area contributed by atoms with Crippen molar-refractivity contribution in [1.29, 1.82) is 0 Å². The van der Waals surface area contributed by atoms with Crippen molar-refractivity contribution in [3.05, 3.63) is 0 Å². The zero-order chi connectivity index (χ0) is 15.5. The second-order valence-electron chi connectivity index (χ2n) is 6.26. The number of hydrogen-bond donors (Lipinski definition) is 3. The topological polar surface area (TPSA) is 90.5 Å². The summed E-state index contributed by atoms with van der Waals surface area (Å²) in [5, 5.41) is 8.40. The molecule has 0 spiro atoms. The highest BCUT2D eigenvalue weighted by atomic mass is 16.2. The number of amides is 4. The Bertz CT molecular complexity index is 430. The van der Waals surface area contributed by atoms with Crippen LogP contribution >= 0.6 is 0 Å². The Morgan fingerprint density at radius 1 is 1.43 bits per heavy atom. The molecule has 2 saturated heterocycles. The molecule has 0 aromatic carbocycles. The Balaban J connectivity index is 1.74. The van der Waals surface area contributed by atoms with E-state index in [2.05, 4.69) is 16.0 Å². The van der Waals surface area contributed by atoms with Crippen molar-refractivity contribution in [3.63, 3.8) is 0 Å². The molecule has 7 heteroatoms. The summed E-state index contributed by atoms with van der Waals surface area (Å²) in [6.07, 6.45) is 3.31. The number of carbonyl (C=O) groups excluding carboxylic acids is 3. The van der Waals surface area contributed by atoms with Crippen molar-refractivity contribution in [2.24, 2.45) is 5.92 Å². The molecule has 7 nitrogen and oxygen atoms in total. The first-order chi connectivity index (χ1) is 9.91. The fourth-order valence-corrected chi connectivity index (χ4v) is 2.75. The molecule has 21 heavy (non-hydrogen) atoms. The van der Waals surface area contributed by atoms with Gasteiger partial charge in [0, 0.05) is 6.54 Å². The zero-order valence-electron chi connectivity index (χ0n) is 12.7. The molecule has 0 aliphatic carbocycles. The molecular formula is C14H24N4O3. The highest BCUT2D eigenvalue weighted by Gasteiger charge is 2.46. The van der Waals surface area contributed by atoms with Crippen LogP contribution in [0.1, 0.15) is 33.1 Å².